The van der Waals surface area contributed by atoms with E-state index in [1.807, 2.05) is 35.2 Å². The third-order valence-electron chi connectivity index (χ3n) is 6.56. The van der Waals surface area contributed by atoms with Crippen LogP contribution in [0, 0.1) is 5.92 Å². The molecule has 0 spiro atoms. The van der Waals surface area contributed by atoms with Gasteiger partial charge in [-0.05, 0) is 61.8 Å². The maximum atomic E-state index is 13.2. The van der Waals surface area contributed by atoms with E-state index >= 15 is 0 Å². The summed E-state index contributed by atoms with van der Waals surface area (Å²) in [5.41, 5.74) is 1.81. The predicted octanol–water partition coefficient (Wildman–Crippen LogP) is 5.25. The molecule has 1 unspecified atom stereocenters. The third kappa shape index (κ3) is 6.45. The molecule has 2 aromatic rings. The minimum absolute atomic E-state index is 0.115. The maximum absolute atomic E-state index is 13.2. The molecule has 0 radical (unpaired) electrons. The zero-order valence-electron chi connectivity index (χ0n) is 19.1. The van der Waals surface area contributed by atoms with Crippen molar-refractivity contribution in [2.75, 3.05) is 12.8 Å². The molecule has 2 aliphatic rings. The Morgan fingerprint density at radius 1 is 1.00 bits per heavy atom. The third-order valence-corrected chi connectivity index (χ3v) is 7.86. The van der Waals surface area contributed by atoms with Gasteiger partial charge in [0.05, 0.1) is 12.4 Å². The first-order chi connectivity index (χ1) is 16.2. The predicted molar refractivity (Wildman–Crippen MR) is 133 cm³/mol. The molecule has 1 atom stereocenters. The lowest BCUT2D eigenvalue weighted by Gasteiger charge is -2.34. The van der Waals surface area contributed by atoms with Gasteiger partial charge in [-0.25, -0.2) is 0 Å². The standard InChI is InChI=1S/C25H29Cl2NO5S/c1-34(30,31)33-20-9-7-19(8-10-20)28-12-11-18(25(28)29)13-22-23(26)14-21(15-24(22)27)32-16-17-5-3-2-4-6-17/h2-6,14-15,18-20H,7-13,16H2,1H3. The average molecular weight is 526 g/mol. The van der Waals surface area contributed by atoms with E-state index in [1.165, 1.54) is 0 Å². The van der Waals surface area contributed by atoms with Crippen LogP contribution in [0.15, 0.2) is 42.5 Å². The van der Waals surface area contributed by atoms with Crippen LogP contribution in [-0.2, 0) is 32.1 Å². The lowest BCUT2D eigenvalue weighted by molar-refractivity contribution is -0.133. The molecule has 1 amide bonds. The summed E-state index contributed by atoms with van der Waals surface area (Å²) in [5, 5.41) is 1.00. The van der Waals surface area contributed by atoms with Gasteiger partial charge in [-0.1, -0.05) is 53.5 Å². The van der Waals surface area contributed by atoms with Crippen LogP contribution in [0.5, 0.6) is 5.75 Å². The number of hydrogen-bond donors (Lipinski definition) is 0. The van der Waals surface area contributed by atoms with Crippen molar-refractivity contribution in [3.8, 4) is 5.75 Å². The van der Waals surface area contributed by atoms with E-state index in [0.29, 0.717) is 48.2 Å². The second kappa shape index (κ2) is 10.9. The summed E-state index contributed by atoms with van der Waals surface area (Å²) in [6, 6.07) is 13.5. The summed E-state index contributed by atoms with van der Waals surface area (Å²) in [4.78, 5) is 15.1. The van der Waals surface area contributed by atoms with Crippen molar-refractivity contribution in [3.05, 3.63) is 63.6 Å². The fourth-order valence-electron chi connectivity index (χ4n) is 4.86. The molecule has 0 N–H and O–H groups in total. The summed E-state index contributed by atoms with van der Waals surface area (Å²) in [5.74, 6) is 0.537. The number of halogens is 2. The van der Waals surface area contributed by atoms with E-state index < -0.39 is 10.1 Å². The van der Waals surface area contributed by atoms with E-state index in [0.717, 1.165) is 36.6 Å². The number of likely N-dealkylation sites (tertiary alicyclic amines) is 1. The molecule has 1 heterocycles. The van der Waals surface area contributed by atoms with Gasteiger partial charge in [0.1, 0.15) is 12.4 Å². The molecule has 0 bridgehead atoms. The van der Waals surface area contributed by atoms with Gasteiger partial charge in [-0.15, -0.1) is 0 Å². The molecule has 1 saturated heterocycles. The molecule has 2 aromatic carbocycles. The zero-order chi connectivity index (χ0) is 24.3. The molecule has 1 aliphatic heterocycles. The summed E-state index contributed by atoms with van der Waals surface area (Å²) in [6.07, 6.45) is 4.77. The van der Waals surface area contributed by atoms with Gasteiger partial charge in [-0.3, -0.25) is 8.98 Å². The first kappa shape index (κ1) is 25.3. The summed E-state index contributed by atoms with van der Waals surface area (Å²) >= 11 is 13.1. The minimum Gasteiger partial charge on any atom is -0.489 e. The Labute approximate surface area is 211 Å². The Morgan fingerprint density at radius 3 is 2.26 bits per heavy atom. The topological polar surface area (TPSA) is 72.9 Å². The van der Waals surface area contributed by atoms with Gasteiger partial charge >= 0.3 is 0 Å². The number of hydrogen-bond acceptors (Lipinski definition) is 5. The Kier molecular flexibility index (Phi) is 8.08. The van der Waals surface area contributed by atoms with Crippen LogP contribution < -0.4 is 4.74 Å². The van der Waals surface area contributed by atoms with Gasteiger partial charge < -0.3 is 9.64 Å². The molecule has 9 heteroatoms. The van der Waals surface area contributed by atoms with Crippen molar-refractivity contribution in [2.24, 2.45) is 5.92 Å². The van der Waals surface area contributed by atoms with Gasteiger partial charge in [0.15, 0.2) is 0 Å². The molecular weight excluding hydrogens is 497 g/mol. The molecule has 34 heavy (non-hydrogen) atoms. The van der Waals surface area contributed by atoms with Crippen molar-refractivity contribution in [1.29, 1.82) is 0 Å². The van der Waals surface area contributed by atoms with E-state index in [2.05, 4.69) is 0 Å². The van der Waals surface area contributed by atoms with Crippen LogP contribution in [-0.4, -0.2) is 44.2 Å². The second-order valence-electron chi connectivity index (χ2n) is 9.09. The Balaban J connectivity index is 1.34. The van der Waals surface area contributed by atoms with Crippen molar-refractivity contribution in [2.45, 2.75) is 57.3 Å². The molecular formula is C25H29Cl2NO5S. The number of rotatable bonds is 8. The summed E-state index contributed by atoms with van der Waals surface area (Å²) in [6.45, 7) is 1.11. The highest BCUT2D eigenvalue weighted by Gasteiger charge is 2.38. The largest absolute Gasteiger partial charge is 0.489 e. The Bertz CT molecular complexity index is 1090. The highest BCUT2D eigenvalue weighted by atomic mass is 35.5. The van der Waals surface area contributed by atoms with Gasteiger partial charge in [0.25, 0.3) is 10.1 Å². The van der Waals surface area contributed by atoms with Crippen LogP contribution in [0.25, 0.3) is 0 Å². The van der Waals surface area contributed by atoms with E-state index in [-0.39, 0.29) is 24.0 Å². The minimum atomic E-state index is -3.46. The summed E-state index contributed by atoms with van der Waals surface area (Å²) in [7, 11) is -3.46. The van der Waals surface area contributed by atoms with Gasteiger partial charge in [-0.2, -0.15) is 8.42 Å². The van der Waals surface area contributed by atoms with Crippen LogP contribution in [0.3, 0.4) is 0 Å². The summed E-state index contributed by atoms with van der Waals surface area (Å²) < 4.78 is 33.7. The first-order valence-electron chi connectivity index (χ1n) is 11.5. The van der Waals surface area contributed by atoms with Gasteiger partial charge in [0.2, 0.25) is 5.91 Å². The lowest BCUT2D eigenvalue weighted by atomic mass is 9.92. The van der Waals surface area contributed by atoms with Crippen molar-refractivity contribution < 1.29 is 22.1 Å². The lowest BCUT2D eigenvalue weighted by Crippen LogP contribution is -2.41. The molecule has 2 fully saturated rings. The zero-order valence-corrected chi connectivity index (χ0v) is 21.4. The molecule has 4 rings (SSSR count). The highest BCUT2D eigenvalue weighted by Crippen LogP contribution is 2.36. The number of ether oxygens (including phenoxy) is 1. The fourth-order valence-corrected chi connectivity index (χ4v) is 6.17. The SMILES string of the molecule is CS(=O)(=O)OC1CCC(N2CCC(Cc3c(Cl)cc(OCc4ccccc4)cc3Cl)C2=O)CC1. The molecule has 6 nitrogen and oxygen atoms in total. The fraction of sp³-hybridized carbons (Fsp3) is 0.480. The Hall–Kier alpha value is -1.80. The first-order valence-corrected chi connectivity index (χ1v) is 14.1. The van der Waals surface area contributed by atoms with Crippen LogP contribution in [0.4, 0.5) is 0 Å². The highest BCUT2D eigenvalue weighted by molar-refractivity contribution is 7.86. The number of amides is 1. The number of carbonyl (C=O) groups excluding carboxylic acids is 1. The van der Waals surface area contributed by atoms with Crippen molar-refractivity contribution in [3.63, 3.8) is 0 Å². The Morgan fingerprint density at radius 2 is 1.65 bits per heavy atom. The van der Waals surface area contributed by atoms with Crippen LogP contribution in [0.2, 0.25) is 10.0 Å². The number of benzene rings is 2. The quantitative estimate of drug-likeness (QED) is 0.440. The van der Waals surface area contributed by atoms with Crippen LogP contribution >= 0.6 is 23.2 Å². The van der Waals surface area contributed by atoms with Crippen molar-refractivity contribution in [1.82, 2.24) is 4.90 Å². The molecule has 0 aromatic heterocycles. The van der Waals surface area contributed by atoms with E-state index in [1.54, 1.807) is 12.1 Å². The maximum Gasteiger partial charge on any atom is 0.264 e. The number of carbonyl (C=O) groups is 1. The smallest absolute Gasteiger partial charge is 0.264 e. The van der Waals surface area contributed by atoms with Gasteiger partial charge in [0, 0.05) is 28.5 Å². The molecule has 184 valence electrons. The van der Waals surface area contributed by atoms with E-state index in [4.69, 9.17) is 32.1 Å². The molecule has 1 saturated carbocycles. The van der Waals surface area contributed by atoms with Crippen molar-refractivity contribution >= 4 is 39.2 Å². The average Bonchev–Trinajstić information content (AvgIpc) is 3.15. The second-order valence-corrected chi connectivity index (χ2v) is 11.5. The monoisotopic (exact) mass is 525 g/mol. The molecule has 1 aliphatic carbocycles. The van der Waals surface area contributed by atoms with Crippen LogP contribution in [0.1, 0.15) is 43.2 Å². The number of nitrogens with zero attached hydrogens (tertiary/aromatic N) is 1. The van der Waals surface area contributed by atoms with E-state index in [9.17, 15) is 13.2 Å². The normalized spacial score (nSPS) is 23.3.